The molecule has 110 valence electrons. The predicted octanol–water partition coefficient (Wildman–Crippen LogP) is 1.38. The molecule has 2 aromatic rings. The minimum absolute atomic E-state index is 0.0119. The van der Waals surface area contributed by atoms with Gasteiger partial charge in [0.15, 0.2) is 5.82 Å². The second-order valence-electron chi connectivity index (χ2n) is 5.28. The average molecular weight is 286 g/mol. The minimum atomic E-state index is -0.0411. The molecule has 1 amide bonds. The monoisotopic (exact) mass is 286 g/mol. The highest BCUT2D eigenvalue weighted by atomic mass is 16.3. The van der Waals surface area contributed by atoms with Crippen LogP contribution in [0.25, 0.3) is 11.4 Å². The second kappa shape index (κ2) is 5.65. The third-order valence-electron chi connectivity index (χ3n) is 3.55. The van der Waals surface area contributed by atoms with Crippen LogP contribution in [0.5, 0.6) is 0 Å². The molecule has 0 bridgehead atoms. The zero-order chi connectivity index (χ0) is 14.8. The van der Waals surface area contributed by atoms with Crippen molar-refractivity contribution >= 4 is 5.91 Å². The highest BCUT2D eigenvalue weighted by Crippen LogP contribution is 2.28. The van der Waals surface area contributed by atoms with Crippen LogP contribution in [0.2, 0.25) is 0 Å². The smallest absolute Gasteiger partial charge is 0.254 e. The molecule has 1 aliphatic carbocycles. The number of aromatic amines is 1. The predicted molar refractivity (Wildman–Crippen MR) is 77.7 cm³/mol. The summed E-state index contributed by atoms with van der Waals surface area (Å²) in [5, 5.41) is 16.0. The molecular weight excluding hydrogens is 268 g/mol. The number of aryl methyl sites for hydroxylation is 1. The van der Waals surface area contributed by atoms with Gasteiger partial charge in [0.05, 0.1) is 6.61 Å². The molecule has 1 heterocycles. The summed E-state index contributed by atoms with van der Waals surface area (Å²) >= 11 is 0. The van der Waals surface area contributed by atoms with Crippen LogP contribution in [0.3, 0.4) is 0 Å². The number of aromatic nitrogens is 3. The van der Waals surface area contributed by atoms with Crippen LogP contribution in [0.15, 0.2) is 24.3 Å². The van der Waals surface area contributed by atoms with Crippen molar-refractivity contribution in [3.8, 4) is 11.4 Å². The molecule has 0 saturated heterocycles. The van der Waals surface area contributed by atoms with Gasteiger partial charge >= 0.3 is 0 Å². The lowest BCUT2D eigenvalue weighted by molar-refractivity contribution is 0.0707. The standard InChI is InChI=1S/C15H18N4O2/c1-10-16-14(18-17-10)11-3-2-4-12(9-11)15(21)19(7-8-20)13-5-6-13/h2-4,9,13,20H,5-8H2,1H3,(H,16,17,18). The number of rotatable bonds is 5. The summed E-state index contributed by atoms with van der Waals surface area (Å²) in [6.07, 6.45) is 2.04. The van der Waals surface area contributed by atoms with E-state index in [1.54, 1.807) is 17.0 Å². The summed E-state index contributed by atoms with van der Waals surface area (Å²) in [7, 11) is 0. The van der Waals surface area contributed by atoms with E-state index >= 15 is 0 Å². The zero-order valence-corrected chi connectivity index (χ0v) is 11.9. The molecule has 0 aliphatic heterocycles. The van der Waals surface area contributed by atoms with E-state index in [1.165, 1.54) is 0 Å². The van der Waals surface area contributed by atoms with Gasteiger partial charge in [-0.25, -0.2) is 4.98 Å². The minimum Gasteiger partial charge on any atom is -0.395 e. The first-order valence-electron chi connectivity index (χ1n) is 7.10. The number of hydrogen-bond donors (Lipinski definition) is 2. The highest BCUT2D eigenvalue weighted by Gasteiger charge is 2.32. The second-order valence-corrected chi connectivity index (χ2v) is 5.28. The number of carbonyl (C=O) groups is 1. The fourth-order valence-electron chi connectivity index (χ4n) is 2.37. The molecule has 2 N–H and O–H groups in total. The lowest BCUT2D eigenvalue weighted by atomic mass is 10.1. The van der Waals surface area contributed by atoms with Gasteiger partial charge < -0.3 is 10.0 Å². The number of H-pyrrole nitrogens is 1. The number of hydrogen-bond acceptors (Lipinski definition) is 4. The van der Waals surface area contributed by atoms with Crippen molar-refractivity contribution in [1.82, 2.24) is 20.1 Å². The maximum atomic E-state index is 12.6. The molecule has 0 radical (unpaired) electrons. The lowest BCUT2D eigenvalue weighted by Crippen LogP contribution is -2.35. The number of nitrogens with one attached hydrogen (secondary N) is 1. The Morgan fingerprint density at radius 3 is 2.90 bits per heavy atom. The van der Waals surface area contributed by atoms with E-state index in [4.69, 9.17) is 5.11 Å². The van der Waals surface area contributed by atoms with Crippen molar-refractivity contribution in [3.05, 3.63) is 35.7 Å². The van der Waals surface area contributed by atoms with Crippen molar-refractivity contribution in [2.45, 2.75) is 25.8 Å². The third kappa shape index (κ3) is 2.95. The maximum absolute atomic E-state index is 12.6. The molecule has 0 atom stereocenters. The topological polar surface area (TPSA) is 82.1 Å². The van der Waals surface area contributed by atoms with E-state index in [2.05, 4.69) is 15.2 Å². The Morgan fingerprint density at radius 2 is 2.29 bits per heavy atom. The average Bonchev–Trinajstić information content (AvgIpc) is 3.25. The van der Waals surface area contributed by atoms with Crippen molar-refractivity contribution < 1.29 is 9.90 Å². The summed E-state index contributed by atoms with van der Waals surface area (Å²) in [5.74, 6) is 1.28. The van der Waals surface area contributed by atoms with Crippen LogP contribution in [0.4, 0.5) is 0 Å². The van der Waals surface area contributed by atoms with Gasteiger partial charge in [-0.3, -0.25) is 9.89 Å². The summed E-state index contributed by atoms with van der Waals surface area (Å²) in [6, 6.07) is 7.58. The molecule has 6 heteroatoms. The Bertz CT molecular complexity index is 649. The molecule has 1 aromatic carbocycles. The molecule has 3 rings (SSSR count). The van der Waals surface area contributed by atoms with Gasteiger partial charge in [0.2, 0.25) is 0 Å². The quantitative estimate of drug-likeness (QED) is 0.870. The van der Waals surface area contributed by atoms with Gasteiger partial charge in [-0.1, -0.05) is 12.1 Å². The Morgan fingerprint density at radius 1 is 1.48 bits per heavy atom. The van der Waals surface area contributed by atoms with E-state index in [9.17, 15) is 4.79 Å². The molecule has 21 heavy (non-hydrogen) atoms. The molecule has 1 aliphatic rings. The van der Waals surface area contributed by atoms with E-state index in [1.807, 2.05) is 19.1 Å². The van der Waals surface area contributed by atoms with E-state index in [0.29, 0.717) is 17.9 Å². The van der Waals surface area contributed by atoms with Crippen molar-refractivity contribution in [2.24, 2.45) is 0 Å². The first-order chi connectivity index (χ1) is 10.2. The number of carbonyl (C=O) groups excluding carboxylic acids is 1. The molecule has 1 saturated carbocycles. The van der Waals surface area contributed by atoms with E-state index in [-0.39, 0.29) is 18.6 Å². The molecule has 1 aromatic heterocycles. The van der Waals surface area contributed by atoms with Gasteiger partial charge in [0.25, 0.3) is 5.91 Å². The number of aliphatic hydroxyl groups is 1. The molecule has 0 spiro atoms. The first kappa shape index (κ1) is 13.8. The van der Waals surface area contributed by atoms with Gasteiger partial charge in [-0.05, 0) is 31.9 Å². The number of aliphatic hydroxyl groups excluding tert-OH is 1. The lowest BCUT2D eigenvalue weighted by Gasteiger charge is -2.21. The first-order valence-corrected chi connectivity index (χ1v) is 7.10. The van der Waals surface area contributed by atoms with Crippen LogP contribution in [-0.2, 0) is 0 Å². The van der Waals surface area contributed by atoms with Crippen LogP contribution >= 0.6 is 0 Å². The van der Waals surface area contributed by atoms with Crippen molar-refractivity contribution in [2.75, 3.05) is 13.2 Å². The Kier molecular flexibility index (Phi) is 3.70. The van der Waals surface area contributed by atoms with Gasteiger partial charge in [0, 0.05) is 23.7 Å². The maximum Gasteiger partial charge on any atom is 0.254 e. The number of benzene rings is 1. The van der Waals surface area contributed by atoms with Crippen LogP contribution in [-0.4, -0.2) is 50.3 Å². The van der Waals surface area contributed by atoms with E-state index < -0.39 is 0 Å². The Labute approximate surface area is 122 Å². The molecule has 0 unspecified atom stereocenters. The third-order valence-corrected chi connectivity index (χ3v) is 3.55. The van der Waals surface area contributed by atoms with Crippen LogP contribution < -0.4 is 0 Å². The van der Waals surface area contributed by atoms with Gasteiger partial charge in [-0.15, -0.1) is 0 Å². The van der Waals surface area contributed by atoms with Crippen LogP contribution in [0.1, 0.15) is 29.0 Å². The zero-order valence-electron chi connectivity index (χ0n) is 11.9. The Hall–Kier alpha value is -2.21. The largest absolute Gasteiger partial charge is 0.395 e. The van der Waals surface area contributed by atoms with Gasteiger partial charge in [-0.2, -0.15) is 5.10 Å². The summed E-state index contributed by atoms with van der Waals surface area (Å²) in [4.78, 5) is 18.6. The van der Waals surface area contributed by atoms with Crippen molar-refractivity contribution in [3.63, 3.8) is 0 Å². The number of nitrogens with zero attached hydrogens (tertiary/aromatic N) is 3. The van der Waals surface area contributed by atoms with E-state index in [0.717, 1.165) is 24.2 Å². The van der Waals surface area contributed by atoms with Crippen LogP contribution in [0, 0.1) is 6.92 Å². The highest BCUT2D eigenvalue weighted by molar-refractivity contribution is 5.95. The van der Waals surface area contributed by atoms with Gasteiger partial charge in [0.1, 0.15) is 5.82 Å². The summed E-state index contributed by atoms with van der Waals surface area (Å²) < 4.78 is 0. The fourth-order valence-corrected chi connectivity index (χ4v) is 2.37. The SMILES string of the molecule is Cc1nc(-c2cccc(C(=O)N(CCO)C3CC3)c2)n[nH]1. The number of amides is 1. The Balaban J connectivity index is 1.86. The van der Waals surface area contributed by atoms with Crippen molar-refractivity contribution in [1.29, 1.82) is 0 Å². The molecule has 6 nitrogen and oxygen atoms in total. The summed E-state index contributed by atoms with van der Waals surface area (Å²) in [6.45, 7) is 2.21. The molecular formula is C15H18N4O2. The normalized spacial score (nSPS) is 14.2. The molecule has 1 fully saturated rings. The summed E-state index contributed by atoms with van der Waals surface area (Å²) in [5.41, 5.74) is 1.42. The fraction of sp³-hybridized carbons (Fsp3) is 0.400.